The third-order valence-electron chi connectivity index (χ3n) is 4.31. The first kappa shape index (κ1) is 21.1. The number of amides is 1. The Hall–Kier alpha value is -3.13. The number of carbonyl (C=O) groups excluding carboxylic acids is 1. The van der Waals surface area contributed by atoms with Gasteiger partial charge in [0, 0.05) is 23.0 Å². The van der Waals surface area contributed by atoms with Crippen LogP contribution >= 0.6 is 34.8 Å². The summed E-state index contributed by atoms with van der Waals surface area (Å²) in [6.45, 7) is 0. The van der Waals surface area contributed by atoms with Gasteiger partial charge in [0.15, 0.2) is 0 Å². The molecular formula is C21H13Cl3N4O3. The van der Waals surface area contributed by atoms with Gasteiger partial charge in [-0.15, -0.1) is 0 Å². The molecule has 0 fully saturated rings. The van der Waals surface area contributed by atoms with Gasteiger partial charge in [-0.1, -0.05) is 46.0 Å². The van der Waals surface area contributed by atoms with Gasteiger partial charge in [0.2, 0.25) is 5.82 Å². The fourth-order valence-corrected chi connectivity index (χ4v) is 3.45. The normalized spacial score (nSPS) is 10.7. The average molecular weight is 476 g/mol. The molecule has 2 aromatic heterocycles. The van der Waals surface area contributed by atoms with Crippen LogP contribution < -0.4 is 10.1 Å². The Morgan fingerprint density at radius 1 is 1.03 bits per heavy atom. The number of methoxy groups -OCH3 is 1. The lowest BCUT2D eigenvalue weighted by Crippen LogP contribution is -2.14. The van der Waals surface area contributed by atoms with Crippen molar-refractivity contribution >= 4 is 46.4 Å². The van der Waals surface area contributed by atoms with Crippen molar-refractivity contribution in [2.75, 3.05) is 12.4 Å². The Bertz CT molecular complexity index is 1240. The smallest absolute Gasteiger partial charge is 0.262 e. The van der Waals surface area contributed by atoms with Crippen LogP contribution in [0.1, 0.15) is 10.4 Å². The van der Waals surface area contributed by atoms with E-state index in [0.29, 0.717) is 16.4 Å². The van der Waals surface area contributed by atoms with Gasteiger partial charge in [0.1, 0.15) is 5.75 Å². The number of benzene rings is 2. The quantitative estimate of drug-likeness (QED) is 0.379. The second-order valence-electron chi connectivity index (χ2n) is 6.25. The molecule has 1 N–H and O–H groups in total. The Kier molecular flexibility index (Phi) is 6.08. The zero-order valence-electron chi connectivity index (χ0n) is 15.9. The molecule has 0 aliphatic rings. The van der Waals surface area contributed by atoms with Gasteiger partial charge in [0.25, 0.3) is 11.8 Å². The van der Waals surface area contributed by atoms with E-state index in [1.54, 1.807) is 42.5 Å². The van der Waals surface area contributed by atoms with Crippen molar-refractivity contribution in [2.24, 2.45) is 0 Å². The molecule has 4 aromatic rings. The molecule has 0 aliphatic carbocycles. The van der Waals surface area contributed by atoms with Crippen molar-refractivity contribution in [1.29, 1.82) is 0 Å². The van der Waals surface area contributed by atoms with Crippen LogP contribution in [0.2, 0.25) is 15.1 Å². The molecule has 10 heteroatoms. The summed E-state index contributed by atoms with van der Waals surface area (Å²) < 4.78 is 10.9. The highest BCUT2D eigenvalue weighted by atomic mass is 35.5. The van der Waals surface area contributed by atoms with Crippen molar-refractivity contribution in [2.45, 2.75) is 0 Å². The Morgan fingerprint density at radius 2 is 1.74 bits per heavy atom. The minimum absolute atomic E-state index is 0.191. The summed E-state index contributed by atoms with van der Waals surface area (Å²) in [5.41, 5.74) is 1.66. The number of anilines is 1. The number of carbonyl (C=O) groups is 1. The van der Waals surface area contributed by atoms with Crippen LogP contribution in [0.15, 0.2) is 59.4 Å². The molecule has 0 atom stereocenters. The van der Waals surface area contributed by atoms with Crippen LogP contribution in [0.25, 0.3) is 22.8 Å². The van der Waals surface area contributed by atoms with Crippen LogP contribution in [-0.2, 0) is 0 Å². The molecule has 0 saturated heterocycles. The van der Waals surface area contributed by atoms with E-state index in [0.717, 1.165) is 5.56 Å². The molecule has 0 aliphatic heterocycles. The second-order valence-corrected chi connectivity index (χ2v) is 7.50. The van der Waals surface area contributed by atoms with Crippen LogP contribution in [0.3, 0.4) is 0 Å². The zero-order valence-corrected chi connectivity index (χ0v) is 18.2. The average Bonchev–Trinajstić information content (AvgIpc) is 3.26. The molecule has 0 radical (unpaired) electrons. The molecule has 1 amide bonds. The van der Waals surface area contributed by atoms with Gasteiger partial charge >= 0.3 is 0 Å². The van der Waals surface area contributed by atoms with E-state index in [2.05, 4.69) is 20.4 Å². The summed E-state index contributed by atoms with van der Waals surface area (Å²) in [6, 6.07) is 12.0. The summed E-state index contributed by atoms with van der Waals surface area (Å²) in [6.07, 6.45) is 2.76. The molecule has 7 nitrogen and oxygen atoms in total. The van der Waals surface area contributed by atoms with Gasteiger partial charge in [-0.05, 0) is 36.4 Å². The number of nitrogens with one attached hydrogen (secondary N) is 1. The number of aromatic nitrogens is 3. The fourth-order valence-electron chi connectivity index (χ4n) is 2.86. The van der Waals surface area contributed by atoms with Crippen molar-refractivity contribution in [3.8, 4) is 28.6 Å². The van der Waals surface area contributed by atoms with Gasteiger partial charge < -0.3 is 14.6 Å². The van der Waals surface area contributed by atoms with Crippen LogP contribution in [0.5, 0.6) is 5.75 Å². The molecule has 2 heterocycles. The zero-order chi connectivity index (χ0) is 22.0. The Balaban J connectivity index is 1.69. The first-order valence-corrected chi connectivity index (χ1v) is 9.98. The van der Waals surface area contributed by atoms with E-state index in [4.69, 9.17) is 44.1 Å². The van der Waals surface area contributed by atoms with Crippen molar-refractivity contribution in [3.63, 3.8) is 0 Å². The van der Waals surface area contributed by atoms with Gasteiger partial charge in [0.05, 0.1) is 34.0 Å². The van der Waals surface area contributed by atoms with Crippen molar-refractivity contribution < 1.29 is 14.1 Å². The standard InChI is InChI=1S/C21H13Cl3N4O3/c1-30-18-13(20(29)26-17-15(23)9-25-10-16(17)24)3-2-4-14(18)21-27-19(28-31-21)11-5-7-12(22)8-6-11/h2-10H,1H3,(H,25,26,29). The van der Waals surface area contributed by atoms with E-state index in [9.17, 15) is 4.79 Å². The summed E-state index contributed by atoms with van der Waals surface area (Å²) in [7, 11) is 1.44. The number of nitrogens with zero attached hydrogens (tertiary/aromatic N) is 3. The van der Waals surface area contributed by atoms with Crippen molar-refractivity contribution in [3.05, 3.63) is 75.5 Å². The minimum atomic E-state index is -0.480. The number of halogens is 3. The van der Waals surface area contributed by atoms with Gasteiger partial charge in [-0.25, -0.2) is 0 Å². The highest BCUT2D eigenvalue weighted by molar-refractivity contribution is 6.39. The van der Waals surface area contributed by atoms with E-state index < -0.39 is 5.91 Å². The molecule has 31 heavy (non-hydrogen) atoms. The summed E-state index contributed by atoms with van der Waals surface area (Å²) in [5.74, 6) is 0.342. The number of rotatable bonds is 5. The molecule has 0 saturated carbocycles. The second kappa shape index (κ2) is 8.93. The highest BCUT2D eigenvalue weighted by Gasteiger charge is 2.22. The number of para-hydroxylation sites is 1. The summed E-state index contributed by atoms with van der Waals surface area (Å²) >= 11 is 18.1. The molecule has 0 bridgehead atoms. The first-order valence-electron chi connectivity index (χ1n) is 8.85. The van der Waals surface area contributed by atoms with Crippen LogP contribution in [-0.4, -0.2) is 28.1 Å². The predicted molar refractivity (Wildman–Crippen MR) is 119 cm³/mol. The Labute approximate surface area is 191 Å². The maximum absolute atomic E-state index is 12.9. The van der Waals surface area contributed by atoms with Crippen LogP contribution in [0.4, 0.5) is 5.69 Å². The predicted octanol–water partition coefficient (Wildman–Crippen LogP) is 6.02. The lowest BCUT2D eigenvalue weighted by atomic mass is 10.1. The minimum Gasteiger partial charge on any atom is -0.495 e. The van der Waals surface area contributed by atoms with E-state index in [1.165, 1.54) is 19.5 Å². The molecule has 156 valence electrons. The van der Waals surface area contributed by atoms with Crippen molar-refractivity contribution in [1.82, 2.24) is 15.1 Å². The monoisotopic (exact) mass is 474 g/mol. The fraction of sp³-hybridized carbons (Fsp3) is 0.0476. The summed E-state index contributed by atoms with van der Waals surface area (Å²) in [4.78, 5) is 21.2. The highest BCUT2D eigenvalue weighted by Crippen LogP contribution is 2.35. The van der Waals surface area contributed by atoms with E-state index in [1.807, 2.05) is 0 Å². The van der Waals surface area contributed by atoms with Gasteiger partial charge in [-0.3, -0.25) is 9.78 Å². The molecule has 4 rings (SSSR count). The molecule has 0 spiro atoms. The lowest BCUT2D eigenvalue weighted by Gasteiger charge is -2.13. The number of hydrogen-bond acceptors (Lipinski definition) is 6. The number of pyridine rings is 1. The molecular weight excluding hydrogens is 463 g/mol. The maximum atomic E-state index is 12.9. The number of ether oxygens (including phenoxy) is 1. The first-order chi connectivity index (χ1) is 15.0. The molecule has 2 aromatic carbocycles. The SMILES string of the molecule is COc1c(C(=O)Nc2c(Cl)cncc2Cl)cccc1-c1nc(-c2ccc(Cl)cc2)no1. The van der Waals surface area contributed by atoms with Gasteiger partial charge in [-0.2, -0.15) is 4.98 Å². The number of hydrogen-bond donors (Lipinski definition) is 1. The third kappa shape index (κ3) is 4.34. The Morgan fingerprint density at radius 3 is 2.42 bits per heavy atom. The third-order valence-corrected chi connectivity index (χ3v) is 5.14. The van der Waals surface area contributed by atoms with E-state index in [-0.39, 0.29) is 32.9 Å². The largest absolute Gasteiger partial charge is 0.495 e. The topological polar surface area (TPSA) is 90.1 Å². The molecule has 0 unspecified atom stereocenters. The van der Waals surface area contributed by atoms with E-state index >= 15 is 0 Å². The lowest BCUT2D eigenvalue weighted by molar-refractivity contribution is 0.102. The summed E-state index contributed by atoms with van der Waals surface area (Å²) in [5, 5.41) is 7.71. The van der Waals surface area contributed by atoms with Crippen LogP contribution in [0, 0.1) is 0 Å². The maximum Gasteiger partial charge on any atom is 0.262 e.